The monoisotopic (exact) mass is 317 g/mol. The Hall–Kier alpha value is -2.19. The van der Waals surface area contributed by atoms with E-state index in [1.807, 2.05) is 18.2 Å². The van der Waals surface area contributed by atoms with Crippen LogP contribution in [0.25, 0.3) is 0 Å². The predicted octanol–water partition coefficient (Wildman–Crippen LogP) is 3.22. The van der Waals surface area contributed by atoms with Gasteiger partial charge in [0, 0.05) is 22.3 Å². The molecule has 0 aliphatic carbocycles. The summed E-state index contributed by atoms with van der Waals surface area (Å²) in [6, 6.07) is 12.5. The van der Waals surface area contributed by atoms with Crippen molar-refractivity contribution in [3.8, 4) is 11.8 Å². The zero-order valence-corrected chi connectivity index (χ0v) is 11.6. The molecular formula is C14H12BrN3O. The van der Waals surface area contributed by atoms with E-state index >= 15 is 0 Å². The summed E-state index contributed by atoms with van der Waals surface area (Å²) in [7, 11) is 0. The van der Waals surface area contributed by atoms with Crippen LogP contribution in [0.15, 0.2) is 40.9 Å². The molecule has 0 spiro atoms. The van der Waals surface area contributed by atoms with Crippen LogP contribution < -0.4 is 11.1 Å². The molecule has 0 aliphatic heterocycles. The summed E-state index contributed by atoms with van der Waals surface area (Å²) in [6.45, 7) is 0.391. The molecule has 19 heavy (non-hydrogen) atoms. The van der Waals surface area contributed by atoms with Crippen LogP contribution in [0.2, 0.25) is 0 Å². The molecular weight excluding hydrogens is 306 g/mol. The molecule has 0 aliphatic rings. The Morgan fingerprint density at radius 3 is 2.84 bits per heavy atom. The van der Waals surface area contributed by atoms with Crippen LogP contribution in [0.4, 0.5) is 11.4 Å². The molecule has 5 heteroatoms. The number of phenols is 1. The van der Waals surface area contributed by atoms with Gasteiger partial charge in [-0.05, 0) is 46.3 Å². The number of halogens is 1. The van der Waals surface area contributed by atoms with Crippen LogP contribution >= 0.6 is 15.9 Å². The van der Waals surface area contributed by atoms with Crippen molar-refractivity contribution in [3.05, 3.63) is 52.0 Å². The number of nitrogens with one attached hydrogen (secondary N) is 1. The van der Waals surface area contributed by atoms with Crippen molar-refractivity contribution in [2.45, 2.75) is 6.54 Å². The molecule has 0 saturated carbocycles. The summed E-state index contributed by atoms with van der Waals surface area (Å²) in [4.78, 5) is 0. The van der Waals surface area contributed by atoms with Crippen LogP contribution in [-0.2, 0) is 6.54 Å². The minimum atomic E-state index is 0.176. The molecule has 0 atom stereocenters. The average molecular weight is 318 g/mol. The van der Waals surface area contributed by atoms with E-state index in [1.54, 1.807) is 18.2 Å². The van der Waals surface area contributed by atoms with Gasteiger partial charge < -0.3 is 16.2 Å². The molecule has 0 fully saturated rings. The van der Waals surface area contributed by atoms with Gasteiger partial charge in [-0.2, -0.15) is 5.26 Å². The number of benzene rings is 2. The number of anilines is 2. The molecule has 0 aromatic heterocycles. The molecule has 0 bridgehead atoms. The summed E-state index contributed by atoms with van der Waals surface area (Å²) in [6.07, 6.45) is 0. The molecule has 2 rings (SSSR count). The maximum Gasteiger partial charge on any atom is 0.120 e. The average Bonchev–Trinajstić information content (AvgIpc) is 2.40. The molecule has 0 heterocycles. The highest BCUT2D eigenvalue weighted by Gasteiger charge is 2.07. The van der Waals surface area contributed by atoms with E-state index in [4.69, 9.17) is 11.0 Å². The second kappa shape index (κ2) is 5.63. The number of aromatic hydroxyl groups is 1. The van der Waals surface area contributed by atoms with E-state index in [1.165, 1.54) is 0 Å². The van der Waals surface area contributed by atoms with Gasteiger partial charge in [-0.15, -0.1) is 0 Å². The lowest BCUT2D eigenvalue weighted by Crippen LogP contribution is -2.02. The highest BCUT2D eigenvalue weighted by Crippen LogP contribution is 2.26. The van der Waals surface area contributed by atoms with E-state index < -0.39 is 0 Å². The lowest BCUT2D eigenvalue weighted by atomic mass is 10.1. The van der Waals surface area contributed by atoms with Crippen molar-refractivity contribution in [1.29, 1.82) is 5.26 Å². The summed E-state index contributed by atoms with van der Waals surface area (Å²) in [5.41, 5.74) is 8.19. The zero-order chi connectivity index (χ0) is 13.8. The lowest BCUT2D eigenvalue weighted by Gasteiger charge is -2.11. The van der Waals surface area contributed by atoms with Crippen molar-refractivity contribution in [2.75, 3.05) is 11.1 Å². The summed E-state index contributed by atoms with van der Waals surface area (Å²) in [5.74, 6) is 0.176. The molecule has 4 nitrogen and oxygen atoms in total. The number of nitrogens with two attached hydrogens (primary N) is 1. The predicted molar refractivity (Wildman–Crippen MR) is 78.7 cm³/mol. The Morgan fingerprint density at radius 1 is 1.32 bits per heavy atom. The fourth-order valence-corrected chi connectivity index (χ4v) is 2.18. The van der Waals surface area contributed by atoms with Crippen LogP contribution in [0.3, 0.4) is 0 Å². The van der Waals surface area contributed by atoms with Crippen LogP contribution in [0.1, 0.15) is 11.1 Å². The van der Waals surface area contributed by atoms with Crippen LogP contribution in [0, 0.1) is 11.3 Å². The van der Waals surface area contributed by atoms with E-state index in [-0.39, 0.29) is 5.75 Å². The number of phenolic OH excluding ortho intramolecular Hbond substituents is 1. The Balaban J connectivity index is 2.22. The first-order chi connectivity index (χ1) is 9.11. The standard InChI is InChI=1S/C14H12BrN3O/c15-12-2-1-3-13(11(12)7-16)18-8-9-6-10(17)4-5-14(9)19/h1-6,18-19H,8,17H2. The highest BCUT2D eigenvalue weighted by molar-refractivity contribution is 9.10. The second-order valence-electron chi connectivity index (χ2n) is 4.02. The van der Waals surface area contributed by atoms with Gasteiger partial charge in [0.25, 0.3) is 0 Å². The smallest absolute Gasteiger partial charge is 0.120 e. The molecule has 96 valence electrons. The van der Waals surface area contributed by atoms with E-state index in [0.717, 1.165) is 4.47 Å². The number of nitrogens with zero attached hydrogens (tertiary/aromatic N) is 1. The topological polar surface area (TPSA) is 82.1 Å². The van der Waals surface area contributed by atoms with Gasteiger partial charge in [-0.1, -0.05) is 6.07 Å². The lowest BCUT2D eigenvalue weighted by molar-refractivity contribution is 0.469. The maximum atomic E-state index is 9.72. The largest absolute Gasteiger partial charge is 0.508 e. The maximum absolute atomic E-state index is 9.72. The third-order valence-electron chi connectivity index (χ3n) is 2.70. The van der Waals surface area contributed by atoms with Crippen LogP contribution in [0.5, 0.6) is 5.75 Å². The fraction of sp³-hybridized carbons (Fsp3) is 0.0714. The molecule has 4 N–H and O–H groups in total. The Bertz CT molecular complexity index is 650. The van der Waals surface area contributed by atoms with Gasteiger partial charge in [0.1, 0.15) is 11.8 Å². The Morgan fingerprint density at radius 2 is 2.11 bits per heavy atom. The molecule has 0 radical (unpaired) electrons. The molecule has 2 aromatic carbocycles. The van der Waals surface area contributed by atoms with Gasteiger partial charge >= 0.3 is 0 Å². The molecule has 0 amide bonds. The number of nitrogen functional groups attached to an aromatic ring is 1. The second-order valence-corrected chi connectivity index (χ2v) is 4.87. The fourth-order valence-electron chi connectivity index (χ4n) is 1.72. The quantitative estimate of drug-likeness (QED) is 0.599. The van der Waals surface area contributed by atoms with Crippen molar-refractivity contribution < 1.29 is 5.11 Å². The third-order valence-corrected chi connectivity index (χ3v) is 3.36. The van der Waals surface area contributed by atoms with Crippen molar-refractivity contribution in [3.63, 3.8) is 0 Å². The first kappa shape index (κ1) is 13.2. The first-order valence-corrected chi connectivity index (χ1v) is 6.41. The minimum absolute atomic E-state index is 0.176. The van der Waals surface area contributed by atoms with Gasteiger partial charge in [-0.3, -0.25) is 0 Å². The van der Waals surface area contributed by atoms with Crippen molar-refractivity contribution in [2.24, 2.45) is 0 Å². The Kier molecular flexibility index (Phi) is 3.93. The number of hydrogen-bond donors (Lipinski definition) is 3. The first-order valence-electron chi connectivity index (χ1n) is 5.61. The minimum Gasteiger partial charge on any atom is -0.508 e. The number of rotatable bonds is 3. The number of nitriles is 1. The van der Waals surface area contributed by atoms with E-state index in [2.05, 4.69) is 27.3 Å². The molecule has 2 aromatic rings. The van der Waals surface area contributed by atoms with Gasteiger partial charge in [0.05, 0.1) is 11.3 Å². The molecule has 0 saturated heterocycles. The van der Waals surface area contributed by atoms with Crippen molar-refractivity contribution in [1.82, 2.24) is 0 Å². The third kappa shape index (κ3) is 2.98. The highest BCUT2D eigenvalue weighted by atomic mass is 79.9. The summed E-state index contributed by atoms with van der Waals surface area (Å²) < 4.78 is 0.733. The van der Waals surface area contributed by atoms with Gasteiger partial charge in [0.15, 0.2) is 0 Å². The Labute approximate surface area is 119 Å². The van der Waals surface area contributed by atoms with E-state index in [0.29, 0.717) is 29.0 Å². The SMILES string of the molecule is N#Cc1c(Br)cccc1NCc1cc(N)ccc1O. The zero-order valence-electron chi connectivity index (χ0n) is 10.0. The number of hydrogen-bond acceptors (Lipinski definition) is 4. The normalized spacial score (nSPS) is 9.89. The van der Waals surface area contributed by atoms with E-state index in [9.17, 15) is 5.11 Å². The van der Waals surface area contributed by atoms with Crippen LogP contribution in [-0.4, -0.2) is 5.11 Å². The summed E-state index contributed by atoms with van der Waals surface area (Å²) in [5, 5.41) is 22.0. The summed E-state index contributed by atoms with van der Waals surface area (Å²) >= 11 is 3.33. The molecule has 0 unspecified atom stereocenters. The van der Waals surface area contributed by atoms with Gasteiger partial charge in [-0.25, -0.2) is 0 Å². The van der Waals surface area contributed by atoms with Gasteiger partial charge in [0.2, 0.25) is 0 Å². The van der Waals surface area contributed by atoms with Crippen molar-refractivity contribution >= 4 is 27.3 Å².